The molecule has 0 bridgehead atoms. The Kier molecular flexibility index (Phi) is 5.53. The van der Waals surface area contributed by atoms with E-state index in [0.29, 0.717) is 35.2 Å². The average molecular weight is 375 g/mol. The quantitative estimate of drug-likeness (QED) is 0.730. The maximum atomic E-state index is 12.8. The number of amides is 1. The van der Waals surface area contributed by atoms with Crippen molar-refractivity contribution >= 4 is 5.91 Å². The Bertz CT molecular complexity index is 928. The average Bonchev–Trinajstić information content (AvgIpc) is 3.24. The molecule has 5 nitrogen and oxygen atoms in total. The molecular weight excluding hydrogens is 350 g/mol. The highest BCUT2D eigenvalue weighted by atomic mass is 16.4. The van der Waals surface area contributed by atoms with E-state index in [-0.39, 0.29) is 5.91 Å². The largest absolute Gasteiger partial charge is 0.436 e. The number of nitrogens with zero attached hydrogens (tertiary/aromatic N) is 2. The fourth-order valence-electron chi connectivity index (χ4n) is 3.60. The van der Waals surface area contributed by atoms with E-state index >= 15 is 0 Å². The maximum absolute atomic E-state index is 12.8. The van der Waals surface area contributed by atoms with Crippen molar-refractivity contribution < 1.29 is 9.21 Å². The summed E-state index contributed by atoms with van der Waals surface area (Å²) >= 11 is 0. The Morgan fingerprint density at radius 2 is 1.82 bits per heavy atom. The van der Waals surface area contributed by atoms with Crippen LogP contribution in [0.3, 0.4) is 0 Å². The highest BCUT2D eigenvalue weighted by molar-refractivity contribution is 6.00. The summed E-state index contributed by atoms with van der Waals surface area (Å²) in [5.74, 6) is 1.62. The monoisotopic (exact) mass is 375 g/mol. The van der Waals surface area contributed by atoms with E-state index in [9.17, 15) is 4.79 Å². The van der Waals surface area contributed by atoms with Gasteiger partial charge in [0.25, 0.3) is 5.91 Å². The van der Waals surface area contributed by atoms with Crippen LogP contribution in [0.5, 0.6) is 0 Å². The molecule has 2 aromatic carbocycles. The van der Waals surface area contributed by atoms with Crippen LogP contribution in [0.2, 0.25) is 0 Å². The van der Waals surface area contributed by atoms with Gasteiger partial charge < -0.3 is 14.6 Å². The number of hydrogen-bond donors (Lipinski definition) is 1. The minimum atomic E-state index is -0.0750. The lowest BCUT2D eigenvalue weighted by molar-refractivity contribution is 0.0939. The molecule has 1 fully saturated rings. The van der Waals surface area contributed by atoms with Gasteiger partial charge in [0.15, 0.2) is 5.76 Å². The summed E-state index contributed by atoms with van der Waals surface area (Å²) in [5.41, 5.74) is 2.27. The third-order valence-corrected chi connectivity index (χ3v) is 5.36. The number of carbonyl (C=O) groups is 1. The van der Waals surface area contributed by atoms with Crippen LogP contribution in [0.4, 0.5) is 0 Å². The fraction of sp³-hybridized carbons (Fsp3) is 0.304. The Hall–Kier alpha value is -2.92. The van der Waals surface area contributed by atoms with E-state index in [1.165, 1.54) is 0 Å². The van der Waals surface area contributed by atoms with E-state index in [0.717, 1.165) is 31.5 Å². The number of piperidine rings is 1. The molecule has 0 atom stereocenters. The molecule has 0 unspecified atom stereocenters. The zero-order valence-corrected chi connectivity index (χ0v) is 16.1. The molecule has 1 aliphatic rings. The second kappa shape index (κ2) is 8.40. The minimum Gasteiger partial charge on any atom is -0.436 e. The fourth-order valence-corrected chi connectivity index (χ4v) is 3.60. The van der Waals surface area contributed by atoms with Crippen molar-refractivity contribution in [1.82, 2.24) is 15.2 Å². The van der Waals surface area contributed by atoms with Crippen LogP contribution in [0.25, 0.3) is 22.8 Å². The Balaban J connectivity index is 1.49. The van der Waals surface area contributed by atoms with Crippen LogP contribution in [0.1, 0.15) is 23.2 Å². The van der Waals surface area contributed by atoms with Crippen molar-refractivity contribution in [3.8, 4) is 22.8 Å². The van der Waals surface area contributed by atoms with Gasteiger partial charge in [-0.3, -0.25) is 4.79 Å². The summed E-state index contributed by atoms with van der Waals surface area (Å²) in [6.45, 7) is 2.90. The smallest absolute Gasteiger partial charge is 0.252 e. The minimum absolute atomic E-state index is 0.0750. The molecule has 0 spiro atoms. The van der Waals surface area contributed by atoms with Gasteiger partial charge in [-0.1, -0.05) is 42.5 Å². The molecule has 5 heteroatoms. The van der Waals surface area contributed by atoms with Gasteiger partial charge in [0.05, 0.1) is 11.8 Å². The topological polar surface area (TPSA) is 58.4 Å². The molecule has 1 amide bonds. The van der Waals surface area contributed by atoms with Gasteiger partial charge in [-0.25, -0.2) is 4.98 Å². The number of likely N-dealkylation sites (tertiary alicyclic amines) is 1. The van der Waals surface area contributed by atoms with Crippen LogP contribution < -0.4 is 5.32 Å². The number of aromatic nitrogens is 1. The third-order valence-electron chi connectivity index (χ3n) is 5.36. The standard InChI is InChI=1S/C23H25N3O2/c1-26-13-11-17(12-14-26)15-24-22(27)19-9-5-6-10-20(19)23-25-16-21(28-23)18-7-3-2-4-8-18/h2-10,16-17H,11-15H2,1H3,(H,24,27). The zero-order valence-electron chi connectivity index (χ0n) is 16.1. The first-order valence-electron chi connectivity index (χ1n) is 9.78. The van der Waals surface area contributed by atoms with Crippen LogP contribution in [0.15, 0.2) is 65.2 Å². The molecule has 2 heterocycles. The number of carbonyl (C=O) groups excluding carboxylic acids is 1. The number of hydrogen-bond acceptors (Lipinski definition) is 4. The lowest BCUT2D eigenvalue weighted by Crippen LogP contribution is -2.37. The van der Waals surface area contributed by atoms with Crippen molar-refractivity contribution in [1.29, 1.82) is 0 Å². The molecule has 1 N–H and O–H groups in total. The Morgan fingerprint density at radius 3 is 2.61 bits per heavy atom. The van der Waals surface area contributed by atoms with Gasteiger partial charge in [0, 0.05) is 17.7 Å². The number of oxazole rings is 1. The summed E-state index contributed by atoms with van der Waals surface area (Å²) in [6, 6.07) is 17.3. The van der Waals surface area contributed by atoms with Crippen molar-refractivity contribution in [3.63, 3.8) is 0 Å². The number of rotatable bonds is 5. The summed E-state index contributed by atoms with van der Waals surface area (Å²) < 4.78 is 5.96. The molecule has 0 radical (unpaired) electrons. The van der Waals surface area contributed by atoms with Crippen LogP contribution in [-0.2, 0) is 0 Å². The van der Waals surface area contributed by atoms with Crippen molar-refractivity contribution in [3.05, 3.63) is 66.4 Å². The predicted molar refractivity (Wildman–Crippen MR) is 110 cm³/mol. The van der Waals surface area contributed by atoms with Crippen LogP contribution in [-0.4, -0.2) is 42.5 Å². The SMILES string of the molecule is CN1CCC(CNC(=O)c2ccccc2-c2ncc(-c3ccccc3)o2)CC1. The predicted octanol–water partition coefficient (Wildman–Crippen LogP) is 4.08. The number of nitrogens with one attached hydrogen (secondary N) is 1. The first-order chi connectivity index (χ1) is 13.7. The van der Waals surface area contributed by atoms with Crippen molar-refractivity contribution in [2.45, 2.75) is 12.8 Å². The second-order valence-corrected chi connectivity index (χ2v) is 7.40. The van der Waals surface area contributed by atoms with Gasteiger partial charge in [-0.2, -0.15) is 0 Å². The Labute approximate surface area is 165 Å². The van der Waals surface area contributed by atoms with Crippen LogP contribution >= 0.6 is 0 Å². The third kappa shape index (κ3) is 4.15. The van der Waals surface area contributed by atoms with Gasteiger partial charge in [0.1, 0.15) is 0 Å². The molecule has 1 aliphatic heterocycles. The van der Waals surface area contributed by atoms with Gasteiger partial charge in [-0.05, 0) is 51.0 Å². The molecular formula is C23H25N3O2. The maximum Gasteiger partial charge on any atom is 0.252 e. The van der Waals surface area contributed by atoms with Gasteiger partial charge in [0.2, 0.25) is 5.89 Å². The summed E-state index contributed by atoms with van der Waals surface area (Å²) in [7, 11) is 2.14. The van der Waals surface area contributed by atoms with E-state index in [2.05, 4.69) is 22.2 Å². The lowest BCUT2D eigenvalue weighted by atomic mass is 9.97. The van der Waals surface area contributed by atoms with Gasteiger partial charge in [-0.15, -0.1) is 0 Å². The summed E-state index contributed by atoms with van der Waals surface area (Å²) in [4.78, 5) is 19.6. The van der Waals surface area contributed by atoms with E-state index < -0.39 is 0 Å². The Morgan fingerprint density at radius 1 is 1.11 bits per heavy atom. The summed E-state index contributed by atoms with van der Waals surface area (Å²) in [6.07, 6.45) is 3.95. The van der Waals surface area contributed by atoms with Gasteiger partial charge >= 0.3 is 0 Å². The first kappa shape index (κ1) is 18.4. The molecule has 0 aliphatic carbocycles. The van der Waals surface area contributed by atoms with E-state index in [1.54, 1.807) is 6.20 Å². The highest BCUT2D eigenvalue weighted by Gasteiger charge is 2.20. The molecule has 0 saturated carbocycles. The molecule has 144 valence electrons. The number of benzene rings is 2. The molecule has 28 heavy (non-hydrogen) atoms. The lowest BCUT2D eigenvalue weighted by Gasteiger charge is -2.29. The highest BCUT2D eigenvalue weighted by Crippen LogP contribution is 2.28. The molecule has 4 rings (SSSR count). The zero-order chi connectivity index (χ0) is 19.3. The second-order valence-electron chi connectivity index (χ2n) is 7.40. The van der Waals surface area contributed by atoms with Crippen molar-refractivity contribution in [2.24, 2.45) is 5.92 Å². The van der Waals surface area contributed by atoms with E-state index in [4.69, 9.17) is 4.42 Å². The molecule has 1 saturated heterocycles. The van der Waals surface area contributed by atoms with Crippen molar-refractivity contribution in [2.75, 3.05) is 26.7 Å². The normalized spacial score (nSPS) is 15.5. The first-order valence-corrected chi connectivity index (χ1v) is 9.78. The molecule has 3 aromatic rings. The molecule has 1 aromatic heterocycles. The summed E-state index contributed by atoms with van der Waals surface area (Å²) in [5, 5.41) is 3.11. The van der Waals surface area contributed by atoms with E-state index in [1.807, 2.05) is 54.6 Å². The van der Waals surface area contributed by atoms with Crippen LogP contribution in [0, 0.1) is 5.92 Å².